The van der Waals surface area contributed by atoms with Crippen LogP contribution in [0, 0.1) is 34.0 Å². The second-order valence-corrected chi connectivity index (χ2v) is 9.78. The number of allylic oxidation sites excluding steroid dienone is 1. The van der Waals surface area contributed by atoms with Gasteiger partial charge in [0.25, 0.3) is 0 Å². The molecule has 2 N–H and O–H groups in total. The van der Waals surface area contributed by atoms with Gasteiger partial charge in [-0.1, -0.05) is 39.3 Å². The van der Waals surface area contributed by atoms with Crippen LogP contribution in [0.4, 0.5) is 0 Å². The van der Waals surface area contributed by atoms with Gasteiger partial charge in [0.2, 0.25) is 0 Å². The Bertz CT molecular complexity index is 579. The minimum Gasteiger partial charge on any atom is -0.393 e. The average molecular weight is 318 g/mol. The molecule has 0 amide bonds. The van der Waals surface area contributed by atoms with Crippen LogP contribution in [0.15, 0.2) is 12.2 Å². The Morgan fingerprint density at radius 1 is 1.22 bits per heavy atom. The average Bonchev–Trinajstić information content (AvgIpc) is 2.45. The van der Waals surface area contributed by atoms with Gasteiger partial charge in [0.15, 0.2) is 0 Å². The lowest BCUT2D eigenvalue weighted by molar-refractivity contribution is -0.198. The summed E-state index contributed by atoms with van der Waals surface area (Å²) in [6.07, 6.45) is 10.4. The molecule has 5 aliphatic rings. The van der Waals surface area contributed by atoms with E-state index in [1.807, 2.05) is 6.08 Å². The highest BCUT2D eigenvalue weighted by molar-refractivity contribution is 5.91. The number of hydrogen-bond acceptors (Lipinski definition) is 3. The van der Waals surface area contributed by atoms with E-state index in [0.29, 0.717) is 17.8 Å². The zero-order valence-corrected chi connectivity index (χ0v) is 14.6. The molecule has 2 bridgehead atoms. The summed E-state index contributed by atoms with van der Waals surface area (Å²) in [4.78, 5) is 13.3. The Hall–Kier alpha value is -0.670. The van der Waals surface area contributed by atoms with Gasteiger partial charge in [0.1, 0.15) is 11.4 Å². The van der Waals surface area contributed by atoms with E-state index in [-0.39, 0.29) is 29.1 Å². The van der Waals surface area contributed by atoms with E-state index < -0.39 is 11.5 Å². The van der Waals surface area contributed by atoms with Gasteiger partial charge in [-0.05, 0) is 48.9 Å². The molecule has 0 radical (unpaired) electrons. The molecule has 6 atom stereocenters. The van der Waals surface area contributed by atoms with Crippen molar-refractivity contribution in [1.29, 1.82) is 0 Å². The van der Waals surface area contributed by atoms with E-state index in [9.17, 15) is 15.0 Å². The summed E-state index contributed by atoms with van der Waals surface area (Å²) in [5, 5.41) is 20.6. The molecule has 1 spiro atoms. The lowest BCUT2D eigenvalue weighted by Gasteiger charge is -2.67. The quantitative estimate of drug-likeness (QED) is 0.731. The van der Waals surface area contributed by atoms with Crippen molar-refractivity contribution in [2.75, 3.05) is 6.61 Å². The van der Waals surface area contributed by atoms with Crippen LogP contribution in [-0.2, 0) is 4.79 Å². The number of carbonyl (C=O) groups is 1. The first-order chi connectivity index (χ1) is 10.7. The molecule has 128 valence electrons. The van der Waals surface area contributed by atoms with Crippen molar-refractivity contribution in [2.45, 2.75) is 64.9 Å². The zero-order chi connectivity index (χ0) is 16.7. The van der Waals surface area contributed by atoms with Gasteiger partial charge in [0.05, 0.1) is 12.5 Å². The molecule has 0 aromatic carbocycles. The summed E-state index contributed by atoms with van der Waals surface area (Å²) in [6, 6.07) is 0. The van der Waals surface area contributed by atoms with E-state index in [2.05, 4.69) is 26.8 Å². The molecule has 0 saturated heterocycles. The first kappa shape index (κ1) is 15.8. The predicted molar refractivity (Wildman–Crippen MR) is 88.7 cm³/mol. The molecule has 3 saturated carbocycles. The molecule has 0 heterocycles. The number of rotatable bonds is 1. The Balaban J connectivity index is 1.82. The van der Waals surface area contributed by atoms with Gasteiger partial charge in [-0.15, -0.1) is 0 Å². The second-order valence-electron chi connectivity index (χ2n) is 9.78. The predicted octanol–water partition coefficient (Wildman–Crippen LogP) is 3.10. The summed E-state index contributed by atoms with van der Waals surface area (Å²) in [5.41, 5.74) is -1.14. The van der Waals surface area contributed by atoms with Crippen molar-refractivity contribution in [2.24, 2.45) is 34.0 Å². The summed E-state index contributed by atoms with van der Waals surface area (Å²) >= 11 is 0. The van der Waals surface area contributed by atoms with Crippen LogP contribution in [-0.4, -0.2) is 28.2 Å². The first-order valence-electron chi connectivity index (χ1n) is 9.25. The lowest BCUT2D eigenvalue weighted by atomic mass is 9.37. The van der Waals surface area contributed by atoms with E-state index in [1.165, 1.54) is 12.8 Å². The van der Waals surface area contributed by atoms with Gasteiger partial charge >= 0.3 is 0 Å². The van der Waals surface area contributed by atoms with E-state index >= 15 is 0 Å². The van der Waals surface area contributed by atoms with Crippen molar-refractivity contribution in [3.8, 4) is 0 Å². The minimum absolute atomic E-state index is 0.0233. The monoisotopic (exact) mass is 318 g/mol. The summed E-state index contributed by atoms with van der Waals surface area (Å²) in [6.45, 7) is 6.78. The molecular formula is C20H30O3. The summed E-state index contributed by atoms with van der Waals surface area (Å²) in [5.74, 6) is 0.286. The molecule has 5 rings (SSSR count). The van der Waals surface area contributed by atoms with E-state index in [4.69, 9.17) is 0 Å². The van der Waals surface area contributed by atoms with Crippen molar-refractivity contribution in [3.05, 3.63) is 12.2 Å². The number of ketones is 1. The second kappa shape index (κ2) is 4.49. The SMILES string of the molecule is CC1(C)CCC[C@]2(C)C1CCC13C=CC(C(=O)C12)[C@](O)(CO)C3. The summed E-state index contributed by atoms with van der Waals surface area (Å²) in [7, 11) is 0. The fourth-order valence-corrected chi connectivity index (χ4v) is 7.32. The van der Waals surface area contributed by atoms with Crippen LogP contribution in [0.3, 0.4) is 0 Å². The lowest BCUT2D eigenvalue weighted by Crippen LogP contribution is -2.68. The maximum absolute atomic E-state index is 13.3. The minimum atomic E-state index is -1.24. The van der Waals surface area contributed by atoms with Crippen molar-refractivity contribution < 1.29 is 15.0 Å². The normalized spacial score (nSPS) is 53.8. The van der Waals surface area contributed by atoms with Gasteiger partial charge in [-0.25, -0.2) is 0 Å². The van der Waals surface area contributed by atoms with Gasteiger partial charge in [-0.3, -0.25) is 4.79 Å². The fourth-order valence-electron chi connectivity index (χ4n) is 7.32. The summed E-state index contributed by atoms with van der Waals surface area (Å²) < 4.78 is 0. The van der Waals surface area contributed by atoms with Crippen LogP contribution < -0.4 is 0 Å². The molecule has 0 aromatic rings. The van der Waals surface area contributed by atoms with Crippen LogP contribution in [0.5, 0.6) is 0 Å². The van der Waals surface area contributed by atoms with E-state index in [1.54, 1.807) is 0 Å². The molecule has 3 nitrogen and oxygen atoms in total. The Morgan fingerprint density at radius 3 is 2.65 bits per heavy atom. The number of hydrogen-bond donors (Lipinski definition) is 2. The highest BCUT2D eigenvalue weighted by Crippen LogP contribution is 2.69. The first-order valence-corrected chi connectivity index (χ1v) is 9.25. The number of aliphatic hydroxyl groups excluding tert-OH is 1. The third-order valence-corrected chi connectivity index (χ3v) is 8.11. The van der Waals surface area contributed by atoms with Crippen LogP contribution >= 0.6 is 0 Å². The topological polar surface area (TPSA) is 57.5 Å². The van der Waals surface area contributed by atoms with Gasteiger partial charge in [-0.2, -0.15) is 0 Å². The highest BCUT2D eigenvalue weighted by Gasteiger charge is 2.68. The largest absolute Gasteiger partial charge is 0.393 e. The highest BCUT2D eigenvalue weighted by atomic mass is 16.3. The van der Waals surface area contributed by atoms with Gasteiger partial charge < -0.3 is 10.2 Å². The van der Waals surface area contributed by atoms with Crippen molar-refractivity contribution in [1.82, 2.24) is 0 Å². The molecule has 4 unspecified atom stereocenters. The van der Waals surface area contributed by atoms with Crippen LogP contribution in [0.25, 0.3) is 0 Å². The maximum Gasteiger partial charge on any atom is 0.147 e. The van der Waals surface area contributed by atoms with E-state index in [0.717, 1.165) is 19.3 Å². The van der Waals surface area contributed by atoms with Crippen LogP contribution in [0.2, 0.25) is 0 Å². The molecule has 0 aliphatic heterocycles. The molecule has 0 aromatic heterocycles. The zero-order valence-electron chi connectivity index (χ0n) is 14.6. The third-order valence-electron chi connectivity index (χ3n) is 8.11. The fraction of sp³-hybridized carbons (Fsp3) is 0.850. The maximum atomic E-state index is 13.3. The van der Waals surface area contributed by atoms with Gasteiger partial charge in [0, 0.05) is 11.3 Å². The Kier molecular flexibility index (Phi) is 3.09. The number of Topliss-reactive ketones (excluding diaryl/α,β-unsaturated/α-hetero) is 1. The molecule has 3 fully saturated rings. The number of carbonyl (C=O) groups excluding carboxylic acids is 1. The standard InChI is InChI=1S/C20H30O3/c1-17(2)7-4-8-18(3)14(17)6-10-19-9-5-13(15(22)16(18)19)20(23,11-19)12-21/h5,9,13-14,16,21,23H,4,6-8,10-12H2,1-3H3/t13?,14?,16?,18-,19?,20-/m1/s1. The Labute approximate surface area is 139 Å². The van der Waals surface area contributed by atoms with Crippen molar-refractivity contribution in [3.63, 3.8) is 0 Å². The molecule has 3 heteroatoms. The Morgan fingerprint density at radius 2 is 1.96 bits per heavy atom. The number of fused-ring (bicyclic) bond motifs is 2. The van der Waals surface area contributed by atoms with Crippen molar-refractivity contribution >= 4 is 5.78 Å². The molecule has 5 aliphatic carbocycles. The van der Waals surface area contributed by atoms with Crippen LogP contribution in [0.1, 0.15) is 59.3 Å². The smallest absolute Gasteiger partial charge is 0.147 e. The molecular weight excluding hydrogens is 288 g/mol. The molecule has 23 heavy (non-hydrogen) atoms. The third kappa shape index (κ3) is 1.81. The number of aliphatic hydroxyl groups is 2.